The summed E-state index contributed by atoms with van der Waals surface area (Å²) >= 11 is 0. The molecule has 31 heavy (non-hydrogen) atoms. The minimum Gasteiger partial charge on any atom is -0.491 e. The number of hydrogen-bond donors (Lipinski definition) is 1. The van der Waals surface area contributed by atoms with Crippen LogP contribution in [-0.2, 0) is 6.42 Å². The van der Waals surface area contributed by atoms with Gasteiger partial charge in [0.15, 0.2) is 0 Å². The normalized spacial score (nSPS) is 12.9. The van der Waals surface area contributed by atoms with Crippen molar-refractivity contribution in [1.29, 1.82) is 0 Å². The number of carbonyl (C=O) groups is 2. The van der Waals surface area contributed by atoms with E-state index < -0.39 is 0 Å². The Hall–Kier alpha value is -3.60. The van der Waals surface area contributed by atoms with Gasteiger partial charge in [-0.2, -0.15) is 0 Å². The number of nitrogens with one attached hydrogen (secondary N) is 1. The predicted molar refractivity (Wildman–Crippen MR) is 123 cm³/mol. The molecule has 0 aromatic heterocycles. The Bertz CT molecular complexity index is 1080. The molecule has 0 fully saturated rings. The molecule has 158 valence electrons. The Morgan fingerprint density at radius 1 is 0.935 bits per heavy atom. The van der Waals surface area contributed by atoms with Crippen molar-refractivity contribution in [2.24, 2.45) is 0 Å². The van der Waals surface area contributed by atoms with Crippen LogP contribution in [0.1, 0.15) is 46.5 Å². The van der Waals surface area contributed by atoms with Crippen LogP contribution in [0.15, 0.2) is 72.8 Å². The van der Waals surface area contributed by atoms with Gasteiger partial charge < -0.3 is 15.0 Å². The van der Waals surface area contributed by atoms with Crippen LogP contribution in [-0.4, -0.2) is 24.5 Å². The van der Waals surface area contributed by atoms with Crippen molar-refractivity contribution < 1.29 is 14.3 Å². The van der Waals surface area contributed by atoms with Gasteiger partial charge in [0.25, 0.3) is 11.8 Å². The molecule has 0 unspecified atom stereocenters. The molecule has 1 aliphatic rings. The molecule has 0 aliphatic carbocycles. The van der Waals surface area contributed by atoms with Gasteiger partial charge in [0.05, 0.1) is 6.10 Å². The van der Waals surface area contributed by atoms with E-state index in [1.54, 1.807) is 24.3 Å². The zero-order valence-corrected chi connectivity index (χ0v) is 17.8. The maximum Gasteiger partial charge on any atom is 0.258 e. The maximum absolute atomic E-state index is 13.0. The summed E-state index contributed by atoms with van der Waals surface area (Å²) in [6.07, 6.45) is 1.85. The number of hydrogen-bond acceptors (Lipinski definition) is 3. The second-order valence-electron chi connectivity index (χ2n) is 7.91. The fourth-order valence-electron chi connectivity index (χ4n) is 3.78. The van der Waals surface area contributed by atoms with Gasteiger partial charge >= 0.3 is 0 Å². The highest BCUT2D eigenvalue weighted by molar-refractivity contribution is 6.07. The van der Waals surface area contributed by atoms with Gasteiger partial charge in [-0.05, 0) is 86.8 Å². The number of ether oxygens (including phenoxy) is 1. The summed E-state index contributed by atoms with van der Waals surface area (Å²) in [6, 6.07) is 22.2. The SMILES string of the molecule is CC(C)Oc1ccc(C(=O)Nc2ccc3c(c2)CCCN3C(=O)c2ccccc2)cc1. The summed E-state index contributed by atoms with van der Waals surface area (Å²) in [5, 5.41) is 2.96. The predicted octanol–water partition coefficient (Wildman–Crippen LogP) is 5.32. The molecular formula is C26H26N2O3. The van der Waals surface area contributed by atoms with Crippen molar-refractivity contribution in [1.82, 2.24) is 0 Å². The van der Waals surface area contributed by atoms with Crippen LogP contribution < -0.4 is 15.0 Å². The molecule has 3 aromatic rings. The molecule has 3 aromatic carbocycles. The van der Waals surface area contributed by atoms with Crippen LogP contribution in [0.2, 0.25) is 0 Å². The minimum absolute atomic E-state index is 0.00189. The Morgan fingerprint density at radius 2 is 1.68 bits per heavy atom. The maximum atomic E-state index is 13.0. The fourth-order valence-corrected chi connectivity index (χ4v) is 3.78. The van der Waals surface area contributed by atoms with Crippen molar-refractivity contribution in [2.45, 2.75) is 32.8 Å². The van der Waals surface area contributed by atoms with Gasteiger partial charge in [-0.3, -0.25) is 9.59 Å². The first-order valence-electron chi connectivity index (χ1n) is 10.6. The topological polar surface area (TPSA) is 58.6 Å². The van der Waals surface area contributed by atoms with E-state index in [0.717, 1.165) is 35.5 Å². The number of rotatable bonds is 5. The van der Waals surface area contributed by atoms with E-state index in [9.17, 15) is 9.59 Å². The molecule has 1 aliphatic heterocycles. The number of amides is 2. The van der Waals surface area contributed by atoms with Crippen molar-refractivity contribution in [3.8, 4) is 5.75 Å². The summed E-state index contributed by atoms with van der Waals surface area (Å²) < 4.78 is 5.63. The first-order chi connectivity index (χ1) is 15.0. The molecule has 0 bridgehead atoms. The molecule has 1 heterocycles. The molecule has 5 nitrogen and oxygen atoms in total. The second-order valence-corrected chi connectivity index (χ2v) is 7.91. The van der Waals surface area contributed by atoms with Gasteiger partial charge in [-0.1, -0.05) is 18.2 Å². The van der Waals surface area contributed by atoms with E-state index >= 15 is 0 Å². The van der Waals surface area contributed by atoms with Gasteiger partial charge in [-0.15, -0.1) is 0 Å². The van der Waals surface area contributed by atoms with Crippen LogP contribution in [0, 0.1) is 0 Å². The third kappa shape index (κ3) is 4.77. The van der Waals surface area contributed by atoms with Crippen LogP contribution >= 0.6 is 0 Å². The second kappa shape index (κ2) is 9.04. The van der Waals surface area contributed by atoms with Gasteiger partial charge in [0.1, 0.15) is 5.75 Å². The average molecular weight is 415 g/mol. The quantitative estimate of drug-likeness (QED) is 0.615. The monoisotopic (exact) mass is 414 g/mol. The summed E-state index contributed by atoms with van der Waals surface area (Å²) in [5.41, 5.74) is 3.94. The van der Waals surface area contributed by atoms with Gasteiger partial charge in [0.2, 0.25) is 0 Å². The molecule has 0 saturated heterocycles. The lowest BCUT2D eigenvalue weighted by atomic mass is 10.00. The number of fused-ring (bicyclic) bond motifs is 1. The number of aryl methyl sites for hydroxylation is 1. The van der Waals surface area contributed by atoms with E-state index in [1.807, 2.05) is 67.3 Å². The van der Waals surface area contributed by atoms with Gasteiger partial charge in [0, 0.05) is 29.0 Å². The van der Waals surface area contributed by atoms with Crippen molar-refractivity contribution in [2.75, 3.05) is 16.8 Å². The number of carbonyl (C=O) groups excluding carboxylic acids is 2. The zero-order valence-electron chi connectivity index (χ0n) is 17.8. The molecular weight excluding hydrogens is 388 g/mol. The molecule has 0 saturated carbocycles. The highest BCUT2D eigenvalue weighted by atomic mass is 16.5. The first-order valence-corrected chi connectivity index (χ1v) is 10.6. The third-order valence-corrected chi connectivity index (χ3v) is 5.21. The third-order valence-electron chi connectivity index (χ3n) is 5.21. The summed E-state index contributed by atoms with van der Waals surface area (Å²) in [5.74, 6) is 0.564. The highest BCUT2D eigenvalue weighted by Gasteiger charge is 2.24. The molecule has 5 heteroatoms. The lowest BCUT2D eigenvalue weighted by Crippen LogP contribution is -2.35. The van der Waals surface area contributed by atoms with E-state index in [0.29, 0.717) is 17.7 Å². The molecule has 4 rings (SSSR count). The van der Waals surface area contributed by atoms with Gasteiger partial charge in [-0.25, -0.2) is 0 Å². The first kappa shape index (κ1) is 20.7. The van der Waals surface area contributed by atoms with E-state index in [4.69, 9.17) is 4.74 Å². The summed E-state index contributed by atoms with van der Waals surface area (Å²) in [7, 11) is 0. The lowest BCUT2D eigenvalue weighted by molar-refractivity contribution is 0.0983. The number of anilines is 2. The van der Waals surface area contributed by atoms with E-state index in [1.165, 1.54) is 0 Å². The smallest absolute Gasteiger partial charge is 0.258 e. The lowest BCUT2D eigenvalue weighted by Gasteiger charge is -2.30. The Labute approximate surface area is 182 Å². The van der Waals surface area contributed by atoms with Crippen LogP contribution in [0.25, 0.3) is 0 Å². The summed E-state index contributed by atoms with van der Waals surface area (Å²) in [6.45, 7) is 4.62. The Morgan fingerprint density at radius 3 is 2.39 bits per heavy atom. The molecule has 0 atom stereocenters. The van der Waals surface area contributed by atoms with Crippen molar-refractivity contribution in [3.63, 3.8) is 0 Å². The Kier molecular flexibility index (Phi) is 6.03. The standard InChI is InChI=1S/C26H26N2O3/c1-18(2)31-23-13-10-19(11-14-23)25(29)27-22-12-15-24-21(17-22)9-6-16-28(24)26(30)20-7-4-3-5-8-20/h3-5,7-8,10-15,17-18H,6,9,16H2,1-2H3,(H,27,29). The zero-order chi connectivity index (χ0) is 21.8. The van der Waals surface area contributed by atoms with E-state index in [2.05, 4.69) is 5.32 Å². The van der Waals surface area contributed by atoms with Crippen molar-refractivity contribution in [3.05, 3.63) is 89.5 Å². The molecule has 2 amide bonds. The van der Waals surface area contributed by atoms with Crippen LogP contribution in [0.4, 0.5) is 11.4 Å². The summed E-state index contributed by atoms with van der Waals surface area (Å²) in [4.78, 5) is 27.4. The molecule has 1 N–H and O–H groups in total. The number of benzene rings is 3. The largest absolute Gasteiger partial charge is 0.491 e. The molecule has 0 radical (unpaired) electrons. The Balaban J connectivity index is 1.49. The number of nitrogens with zero attached hydrogens (tertiary/aromatic N) is 1. The average Bonchev–Trinajstić information content (AvgIpc) is 2.78. The van der Waals surface area contributed by atoms with Crippen LogP contribution in [0.3, 0.4) is 0 Å². The fraction of sp³-hybridized carbons (Fsp3) is 0.231. The minimum atomic E-state index is -0.177. The van der Waals surface area contributed by atoms with E-state index in [-0.39, 0.29) is 17.9 Å². The van der Waals surface area contributed by atoms with Crippen LogP contribution in [0.5, 0.6) is 5.75 Å². The highest BCUT2D eigenvalue weighted by Crippen LogP contribution is 2.31. The van der Waals surface area contributed by atoms with Crippen molar-refractivity contribution >= 4 is 23.2 Å². The molecule has 0 spiro atoms.